The molecule has 1 aliphatic rings. The van der Waals surface area contributed by atoms with Gasteiger partial charge < -0.3 is 10.0 Å². The number of Topliss-reactive ketones (excluding diaryl/α,β-unsaturated/α-hetero) is 1. The van der Waals surface area contributed by atoms with Crippen LogP contribution in [0.15, 0.2) is 78.8 Å². The number of rotatable bonds is 5. The number of likely N-dealkylation sites (tertiary alicyclic amines) is 1. The number of hydrogen-bond acceptors (Lipinski definition) is 5. The van der Waals surface area contributed by atoms with E-state index < -0.39 is 17.7 Å². The first kappa shape index (κ1) is 21.6. The summed E-state index contributed by atoms with van der Waals surface area (Å²) in [5.74, 6) is -1.59. The SMILES string of the molecule is CCc1ccc(C2C(=C(O)c3c(C)nc4ccccn34)C(=O)C(=O)N2Cc2cccnc2)cc1. The molecule has 170 valence electrons. The molecule has 1 atom stereocenters. The number of imidazole rings is 1. The van der Waals surface area contributed by atoms with Crippen LogP contribution in [0.25, 0.3) is 11.4 Å². The molecule has 4 aromatic rings. The predicted octanol–water partition coefficient (Wildman–Crippen LogP) is 4.22. The number of aliphatic hydroxyl groups is 1. The number of aromatic nitrogens is 3. The van der Waals surface area contributed by atoms with E-state index in [2.05, 4.69) is 16.9 Å². The molecule has 0 aliphatic carbocycles. The Labute approximate surface area is 197 Å². The van der Waals surface area contributed by atoms with Gasteiger partial charge in [0, 0.05) is 25.1 Å². The molecule has 1 unspecified atom stereocenters. The topological polar surface area (TPSA) is 87.8 Å². The Balaban J connectivity index is 1.71. The lowest BCUT2D eigenvalue weighted by atomic mass is 9.95. The van der Waals surface area contributed by atoms with Crippen molar-refractivity contribution in [2.45, 2.75) is 32.9 Å². The van der Waals surface area contributed by atoms with E-state index in [1.165, 1.54) is 4.90 Å². The molecule has 34 heavy (non-hydrogen) atoms. The molecule has 3 aromatic heterocycles. The highest BCUT2D eigenvalue weighted by Crippen LogP contribution is 2.40. The van der Waals surface area contributed by atoms with Gasteiger partial charge in [-0.1, -0.05) is 43.3 Å². The zero-order chi connectivity index (χ0) is 23.8. The summed E-state index contributed by atoms with van der Waals surface area (Å²) in [6.07, 6.45) is 5.98. The van der Waals surface area contributed by atoms with Gasteiger partial charge >= 0.3 is 0 Å². The zero-order valence-corrected chi connectivity index (χ0v) is 19.0. The second-order valence-electron chi connectivity index (χ2n) is 8.36. The van der Waals surface area contributed by atoms with Crippen LogP contribution in [0.5, 0.6) is 0 Å². The van der Waals surface area contributed by atoms with Gasteiger partial charge in [0.05, 0.1) is 17.3 Å². The van der Waals surface area contributed by atoms with Crippen LogP contribution in [0.3, 0.4) is 0 Å². The average molecular weight is 453 g/mol. The van der Waals surface area contributed by atoms with Gasteiger partial charge in [0.15, 0.2) is 5.76 Å². The molecular formula is C27H24N4O3. The third kappa shape index (κ3) is 3.55. The van der Waals surface area contributed by atoms with Crippen molar-refractivity contribution in [3.63, 3.8) is 0 Å². The predicted molar refractivity (Wildman–Crippen MR) is 128 cm³/mol. The van der Waals surface area contributed by atoms with Gasteiger partial charge in [-0.15, -0.1) is 0 Å². The third-order valence-electron chi connectivity index (χ3n) is 6.25. The van der Waals surface area contributed by atoms with Gasteiger partial charge in [-0.3, -0.25) is 19.0 Å². The highest BCUT2D eigenvalue weighted by molar-refractivity contribution is 6.46. The van der Waals surface area contributed by atoms with Crippen LogP contribution >= 0.6 is 0 Å². The van der Waals surface area contributed by atoms with Gasteiger partial charge in [0.1, 0.15) is 11.3 Å². The van der Waals surface area contributed by atoms with Crippen molar-refractivity contribution >= 4 is 23.1 Å². The first-order valence-corrected chi connectivity index (χ1v) is 11.2. The van der Waals surface area contributed by atoms with Crippen LogP contribution in [-0.2, 0) is 22.6 Å². The lowest BCUT2D eigenvalue weighted by Crippen LogP contribution is -2.29. The van der Waals surface area contributed by atoms with Gasteiger partial charge in [-0.05, 0) is 48.2 Å². The van der Waals surface area contributed by atoms with Crippen molar-refractivity contribution in [3.05, 3.63) is 107 Å². The van der Waals surface area contributed by atoms with Crippen molar-refractivity contribution < 1.29 is 14.7 Å². The fourth-order valence-corrected chi connectivity index (χ4v) is 4.54. The third-order valence-corrected chi connectivity index (χ3v) is 6.25. The van der Waals surface area contributed by atoms with Crippen LogP contribution in [0.4, 0.5) is 0 Å². The summed E-state index contributed by atoms with van der Waals surface area (Å²) in [5, 5.41) is 11.5. The number of hydrogen-bond donors (Lipinski definition) is 1. The molecule has 4 heterocycles. The Hall–Kier alpha value is -4.26. The Kier molecular flexibility index (Phi) is 5.45. The first-order valence-electron chi connectivity index (χ1n) is 11.2. The minimum atomic E-state index is -0.736. The fraction of sp³-hybridized carbons (Fsp3) is 0.185. The number of fused-ring (bicyclic) bond motifs is 1. The summed E-state index contributed by atoms with van der Waals surface area (Å²) < 4.78 is 1.73. The van der Waals surface area contributed by atoms with Gasteiger partial charge in [-0.2, -0.15) is 0 Å². The summed E-state index contributed by atoms with van der Waals surface area (Å²) in [7, 11) is 0. The van der Waals surface area contributed by atoms with Gasteiger partial charge in [0.2, 0.25) is 0 Å². The maximum Gasteiger partial charge on any atom is 0.295 e. The van der Waals surface area contributed by atoms with Crippen molar-refractivity contribution in [1.82, 2.24) is 19.3 Å². The van der Waals surface area contributed by atoms with Crippen LogP contribution in [-0.4, -0.2) is 36.1 Å². The minimum Gasteiger partial charge on any atom is -0.505 e. The first-order chi connectivity index (χ1) is 16.5. The van der Waals surface area contributed by atoms with E-state index >= 15 is 0 Å². The molecule has 1 amide bonds. The minimum absolute atomic E-state index is 0.0619. The molecule has 1 aliphatic heterocycles. The average Bonchev–Trinajstić information content (AvgIpc) is 3.33. The van der Waals surface area contributed by atoms with E-state index in [-0.39, 0.29) is 17.9 Å². The molecular weight excluding hydrogens is 428 g/mol. The lowest BCUT2D eigenvalue weighted by molar-refractivity contribution is -0.140. The summed E-state index contributed by atoms with van der Waals surface area (Å²) in [6, 6.07) is 16.2. The Morgan fingerprint density at radius 2 is 1.82 bits per heavy atom. The molecule has 1 aromatic carbocycles. The quantitative estimate of drug-likeness (QED) is 0.278. The van der Waals surface area contributed by atoms with Crippen molar-refractivity contribution in [1.29, 1.82) is 0 Å². The largest absolute Gasteiger partial charge is 0.505 e. The number of benzene rings is 1. The molecule has 7 nitrogen and oxygen atoms in total. The van der Waals surface area contributed by atoms with Crippen molar-refractivity contribution in [2.24, 2.45) is 0 Å². The number of pyridine rings is 2. The number of ketones is 1. The summed E-state index contributed by atoms with van der Waals surface area (Å²) in [5.41, 5.74) is 4.39. The summed E-state index contributed by atoms with van der Waals surface area (Å²) in [6.45, 7) is 4.04. The summed E-state index contributed by atoms with van der Waals surface area (Å²) in [4.78, 5) is 36.7. The number of carbonyl (C=O) groups excluding carboxylic acids is 2. The van der Waals surface area contributed by atoms with Crippen LogP contribution in [0, 0.1) is 6.92 Å². The molecule has 0 saturated carbocycles. The van der Waals surface area contributed by atoms with E-state index in [0.717, 1.165) is 23.1 Å². The van der Waals surface area contributed by atoms with Crippen LogP contribution in [0.1, 0.15) is 41.0 Å². The smallest absolute Gasteiger partial charge is 0.295 e. The fourth-order valence-electron chi connectivity index (χ4n) is 4.54. The molecule has 0 spiro atoms. The van der Waals surface area contributed by atoms with E-state index in [1.807, 2.05) is 48.5 Å². The highest BCUT2D eigenvalue weighted by Gasteiger charge is 2.46. The highest BCUT2D eigenvalue weighted by atomic mass is 16.3. The van der Waals surface area contributed by atoms with Gasteiger partial charge in [-0.25, -0.2) is 4.98 Å². The van der Waals surface area contributed by atoms with Crippen molar-refractivity contribution in [2.75, 3.05) is 0 Å². The zero-order valence-electron chi connectivity index (χ0n) is 19.0. The molecule has 5 rings (SSSR count). The Bertz CT molecular complexity index is 1420. The van der Waals surface area contributed by atoms with Crippen LogP contribution < -0.4 is 0 Å². The van der Waals surface area contributed by atoms with Gasteiger partial charge in [0.25, 0.3) is 11.7 Å². The number of amides is 1. The van der Waals surface area contributed by atoms with E-state index in [0.29, 0.717) is 17.0 Å². The molecule has 0 radical (unpaired) electrons. The van der Waals surface area contributed by atoms with E-state index in [4.69, 9.17) is 0 Å². The maximum atomic E-state index is 13.3. The number of nitrogens with zero attached hydrogens (tertiary/aromatic N) is 4. The van der Waals surface area contributed by atoms with Crippen LogP contribution in [0.2, 0.25) is 0 Å². The molecule has 1 N–H and O–H groups in total. The number of carbonyl (C=O) groups is 2. The standard InChI is InChI=1S/C27H24N4O3/c1-3-18-9-11-20(12-10-18)24-22(25(32)23-17(2)29-21-8-4-5-14-30(21)23)26(33)27(34)31(24)16-19-7-6-13-28-15-19/h4-15,24,32H,3,16H2,1-2H3. The summed E-state index contributed by atoms with van der Waals surface area (Å²) >= 11 is 0. The lowest BCUT2D eigenvalue weighted by Gasteiger charge is -2.25. The molecule has 7 heteroatoms. The number of aryl methyl sites for hydroxylation is 2. The molecule has 1 saturated heterocycles. The van der Waals surface area contributed by atoms with E-state index in [9.17, 15) is 14.7 Å². The monoisotopic (exact) mass is 452 g/mol. The second-order valence-corrected chi connectivity index (χ2v) is 8.36. The maximum absolute atomic E-state index is 13.3. The normalized spacial score (nSPS) is 17.6. The molecule has 0 bridgehead atoms. The van der Waals surface area contributed by atoms with E-state index in [1.54, 1.807) is 36.0 Å². The second kappa shape index (κ2) is 8.59. The number of aliphatic hydroxyl groups excluding tert-OH is 1. The Morgan fingerprint density at radius 1 is 1.03 bits per heavy atom. The molecule has 1 fully saturated rings. The Morgan fingerprint density at radius 3 is 2.53 bits per heavy atom. The van der Waals surface area contributed by atoms with Crippen molar-refractivity contribution in [3.8, 4) is 0 Å².